The van der Waals surface area contributed by atoms with Crippen molar-refractivity contribution in [3.05, 3.63) is 27.9 Å². The van der Waals surface area contributed by atoms with Gasteiger partial charge in [-0.1, -0.05) is 0 Å². The van der Waals surface area contributed by atoms with E-state index >= 15 is 0 Å². The maximum absolute atomic E-state index is 12.2. The quantitative estimate of drug-likeness (QED) is 0.627. The van der Waals surface area contributed by atoms with E-state index in [4.69, 9.17) is 10.00 Å². The Balaban J connectivity index is 2.19. The predicted molar refractivity (Wildman–Crippen MR) is 91.6 cm³/mol. The van der Waals surface area contributed by atoms with Crippen LogP contribution in [0.1, 0.15) is 26.5 Å². The summed E-state index contributed by atoms with van der Waals surface area (Å²) in [6.45, 7) is 5.97. The number of hydrogen-bond donors (Lipinski definition) is 1. The second-order valence-electron chi connectivity index (χ2n) is 6.86. The lowest BCUT2D eigenvalue weighted by atomic mass is 10.1. The first-order chi connectivity index (χ1) is 12.2. The first-order valence-electron chi connectivity index (χ1n) is 8.07. The van der Waals surface area contributed by atoms with E-state index in [0.29, 0.717) is 18.9 Å². The zero-order valence-electron chi connectivity index (χ0n) is 14.9. The standard InChI is InChI=1S/C16H21N5O5/c1-16(2,3)26-15(23)19-6-7-20(11(9-19)10-22)14-5-4-13(21(24)25)12(8-17)18-14/h4-5,11,22H,6-7,9-10H2,1-3H3/t11-/m1/s1. The van der Waals surface area contributed by atoms with Gasteiger partial charge in [-0.25, -0.2) is 9.78 Å². The van der Waals surface area contributed by atoms with Crippen LogP contribution in [-0.4, -0.2) is 63.9 Å². The highest BCUT2D eigenvalue weighted by atomic mass is 16.6. The lowest BCUT2D eigenvalue weighted by molar-refractivity contribution is -0.385. The van der Waals surface area contributed by atoms with E-state index in [1.54, 1.807) is 31.7 Å². The molecule has 10 heteroatoms. The summed E-state index contributed by atoms with van der Waals surface area (Å²) in [6.07, 6.45) is -0.468. The molecule has 1 aliphatic rings. The molecule has 0 aliphatic carbocycles. The Hall–Kier alpha value is -2.93. The highest BCUT2D eigenvalue weighted by molar-refractivity contribution is 5.69. The zero-order valence-corrected chi connectivity index (χ0v) is 14.9. The van der Waals surface area contributed by atoms with Crippen LogP contribution in [0.15, 0.2) is 12.1 Å². The maximum atomic E-state index is 12.2. The first-order valence-corrected chi connectivity index (χ1v) is 8.07. The summed E-state index contributed by atoms with van der Waals surface area (Å²) < 4.78 is 5.34. The minimum absolute atomic E-state index is 0.214. The smallest absolute Gasteiger partial charge is 0.410 e. The Morgan fingerprint density at radius 1 is 1.50 bits per heavy atom. The third-order valence-electron chi connectivity index (χ3n) is 3.80. The van der Waals surface area contributed by atoms with Crippen LogP contribution in [-0.2, 0) is 4.74 Å². The lowest BCUT2D eigenvalue weighted by Gasteiger charge is -2.41. The largest absolute Gasteiger partial charge is 0.444 e. The molecule has 0 saturated carbocycles. The van der Waals surface area contributed by atoms with Crippen molar-refractivity contribution in [2.45, 2.75) is 32.4 Å². The predicted octanol–water partition coefficient (Wildman–Crippen LogP) is 1.28. The molecule has 10 nitrogen and oxygen atoms in total. The van der Waals surface area contributed by atoms with Crippen LogP contribution in [0.4, 0.5) is 16.3 Å². The fourth-order valence-corrected chi connectivity index (χ4v) is 2.64. The van der Waals surface area contributed by atoms with Gasteiger partial charge in [0.1, 0.15) is 17.5 Å². The van der Waals surface area contributed by atoms with Crippen LogP contribution in [0.2, 0.25) is 0 Å². The minimum Gasteiger partial charge on any atom is -0.444 e. The van der Waals surface area contributed by atoms with E-state index in [1.165, 1.54) is 17.0 Å². The van der Waals surface area contributed by atoms with Gasteiger partial charge >= 0.3 is 11.8 Å². The summed E-state index contributed by atoms with van der Waals surface area (Å²) in [7, 11) is 0. The third kappa shape index (κ3) is 4.37. The van der Waals surface area contributed by atoms with Crippen molar-refractivity contribution in [3.8, 4) is 6.07 Å². The number of aliphatic hydroxyl groups is 1. The van der Waals surface area contributed by atoms with Crippen LogP contribution >= 0.6 is 0 Å². The molecule has 1 atom stereocenters. The van der Waals surface area contributed by atoms with E-state index in [0.717, 1.165) is 0 Å². The molecule has 1 N–H and O–H groups in total. The number of aliphatic hydroxyl groups excluding tert-OH is 1. The molecular formula is C16H21N5O5. The lowest BCUT2D eigenvalue weighted by Crippen LogP contribution is -2.57. The molecule has 1 saturated heterocycles. The summed E-state index contributed by atoms with van der Waals surface area (Å²) in [5.74, 6) is 0.343. The van der Waals surface area contributed by atoms with Gasteiger partial charge in [0.25, 0.3) is 0 Å². The molecule has 1 aliphatic heterocycles. The van der Waals surface area contributed by atoms with Crippen LogP contribution < -0.4 is 4.90 Å². The van der Waals surface area contributed by atoms with Gasteiger partial charge in [0.15, 0.2) is 0 Å². The average Bonchev–Trinajstić information content (AvgIpc) is 2.58. The monoisotopic (exact) mass is 363 g/mol. The van der Waals surface area contributed by atoms with Crippen molar-refractivity contribution < 1.29 is 19.6 Å². The minimum atomic E-state index is -0.667. The number of pyridine rings is 1. The van der Waals surface area contributed by atoms with Crippen LogP contribution in [0.25, 0.3) is 0 Å². The number of rotatable bonds is 3. The van der Waals surface area contributed by atoms with E-state index in [9.17, 15) is 20.0 Å². The van der Waals surface area contributed by atoms with Gasteiger partial charge in [-0.2, -0.15) is 5.26 Å². The topological polar surface area (TPSA) is 133 Å². The summed E-state index contributed by atoms with van der Waals surface area (Å²) in [5, 5.41) is 29.7. The fraction of sp³-hybridized carbons (Fsp3) is 0.562. The molecule has 0 unspecified atom stereocenters. The number of carbonyl (C=O) groups is 1. The van der Waals surface area contributed by atoms with Crippen molar-refractivity contribution in [2.75, 3.05) is 31.1 Å². The molecule has 0 radical (unpaired) electrons. The molecule has 2 rings (SSSR count). The number of hydrogen-bond acceptors (Lipinski definition) is 8. The Kier molecular flexibility index (Phi) is 5.62. The van der Waals surface area contributed by atoms with Gasteiger partial charge < -0.3 is 19.6 Å². The van der Waals surface area contributed by atoms with Gasteiger partial charge in [-0.05, 0) is 26.8 Å². The first kappa shape index (κ1) is 19.4. The number of carbonyl (C=O) groups excluding carboxylic acids is 1. The number of nitriles is 1. The molecule has 2 heterocycles. The Morgan fingerprint density at radius 2 is 2.19 bits per heavy atom. The molecular weight excluding hydrogens is 342 g/mol. The summed E-state index contributed by atoms with van der Waals surface area (Å²) in [5.41, 5.74) is -1.28. The summed E-state index contributed by atoms with van der Waals surface area (Å²) in [6, 6.07) is 3.91. The van der Waals surface area contributed by atoms with Crippen molar-refractivity contribution >= 4 is 17.6 Å². The van der Waals surface area contributed by atoms with Crippen molar-refractivity contribution in [1.82, 2.24) is 9.88 Å². The number of aromatic nitrogens is 1. The van der Waals surface area contributed by atoms with Crippen molar-refractivity contribution in [1.29, 1.82) is 5.26 Å². The second kappa shape index (κ2) is 7.53. The number of nitrogens with zero attached hydrogens (tertiary/aromatic N) is 5. The van der Waals surface area contributed by atoms with Gasteiger partial charge in [-0.15, -0.1) is 0 Å². The maximum Gasteiger partial charge on any atom is 0.410 e. The van der Waals surface area contributed by atoms with E-state index in [-0.39, 0.29) is 24.5 Å². The fourth-order valence-electron chi connectivity index (χ4n) is 2.64. The molecule has 1 fully saturated rings. The molecule has 140 valence electrons. The van der Waals surface area contributed by atoms with E-state index < -0.39 is 22.7 Å². The van der Waals surface area contributed by atoms with Gasteiger partial charge in [0, 0.05) is 25.7 Å². The van der Waals surface area contributed by atoms with E-state index in [1.807, 2.05) is 0 Å². The Labute approximate surface area is 150 Å². The SMILES string of the molecule is CC(C)(C)OC(=O)N1CCN(c2ccc([N+](=O)[O-])c(C#N)n2)[C@@H](CO)C1. The number of piperazine rings is 1. The molecule has 0 bridgehead atoms. The summed E-state index contributed by atoms with van der Waals surface area (Å²) >= 11 is 0. The average molecular weight is 363 g/mol. The van der Waals surface area contributed by atoms with Gasteiger partial charge in [0.05, 0.1) is 17.6 Å². The number of anilines is 1. The highest BCUT2D eigenvalue weighted by Gasteiger charge is 2.33. The third-order valence-corrected chi connectivity index (χ3v) is 3.80. The normalized spacial score (nSPS) is 17.6. The Bertz CT molecular complexity index is 740. The van der Waals surface area contributed by atoms with Crippen molar-refractivity contribution in [3.63, 3.8) is 0 Å². The number of nitro groups is 1. The van der Waals surface area contributed by atoms with Crippen LogP contribution in [0.3, 0.4) is 0 Å². The molecule has 1 amide bonds. The second-order valence-corrected chi connectivity index (χ2v) is 6.86. The zero-order chi connectivity index (χ0) is 19.5. The number of amides is 1. The molecule has 1 aromatic heterocycles. The Morgan fingerprint density at radius 3 is 2.73 bits per heavy atom. The van der Waals surface area contributed by atoms with Gasteiger partial charge in [0.2, 0.25) is 5.69 Å². The summed E-state index contributed by atoms with van der Waals surface area (Å²) in [4.78, 5) is 29.7. The highest BCUT2D eigenvalue weighted by Crippen LogP contribution is 2.24. The van der Waals surface area contributed by atoms with Crippen LogP contribution in [0, 0.1) is 21.4 Å². The molecule has 26 heavy (non-hydrogen) atoms. The molecule has 1 aromatic rings. The van der Waals surface area contributed by atoms with Gasteiger partial charge in [-0.3, -0.25) is 10.1 Å². The number of ether oxygens (including phenoxy) is 1. The molecule has 0 spiro atoms. The molecule has 0 aromatic carbocycles. The van der Waals surface area contributed by atoms with Crippen LogP contribution in [0.5, 0.6) is 0 Å². The van der Waals surface area contributed by atoms with E-state index in [2.05, 4.69) is 4.98 Å². The van der Waals surface area contributed by atoms with Crippen molar-refractivity contribution in [2.24, 2.45) is 0 Å².